The van der Waals surface area contributed by atoms with Gasteiger partial charge in [-0.3, -0.25) is 24.3 Å². The van der Waals surface area contributed by atoms with E-state index in [1.165, 1.54) is 65.0 Å². The van der Waals surface area contributed by atoms with E-state index in [0.29, 0.717) is 0 Å². The lowest BCUT2D eigenvalue weighted by Gasteiger charge is -2.18. The molecule has 0 radical (unpaired) electrons. The van der Waals surface area contributed by atoms with E-state index in [9.17, 15) is 0 Å². The average molecular weight is 1390 g/mol. The smallest absolute Gasteiger partial charge is 0.177 e. The molecule has 0 saturated heterocycles. The summed E-state index contributed by atoms with van der Waals surface area (Å²) in [6.07, 6.45) is 42.1. The van der Waals surface area contributed by atoms with Gasteiger partial charge in [0.25, 0.3) is 0 Å². The van der Waals surface area contributed by atoms with Gasteiger partial charge in [-0.15, -0.1) is 0 Å². The van der Waals surface area contributed by atoms with E-state index < -0.39 is 0 Å². The number of pyridine rings is 6. The molecule has 10 heterocycles. The summed E-state index contributed by atoms with van der Waals surface area (Å²) in [7, 11) is 0. The molecule has 104 heavy (non-hydrogen) atoms. The highest BCUT2D eigenvalue weighted by Crippen LogP contribution is 2.26. The van der Waals surface area contributed by atoms with Crippen LogP contribution in [0.4, 0.5) is 0 Å². The van der Waals surface area contributed by atoms with Crippen molar-refractivity contribution in [1.29, 1.82) is 0 Å². The van der Waals surface area contributed by atoms with Crippen molar-refractivity contribution in [3.63, 3.8) is 0 Å². The third-order valence-corrected chi connectivity index (χ3v) is 18.6. The molecule has 0 bridgehead atoms. The Balaban J connectivity index is 0.000000138. The number of imidazole rings is 3. The molecule has 0 saturated carbocycles. The highest BCUT2D eigenvalue weighted by molar-refractivity contribution is 5.71. The van der Waals surface area contributed by atoms with Gasteiger partial charge in [-0.2, -0.15) is 0 Å². The lowest BCUT2D eigenvalue weighted by atomic mass is 9.87. The number of rotatable bonds is 0. The predicted octanol–water partition coefficient (Wildman–Crippen LogP) is 13.9. The minimum absolute atomic E-state index is 0.0904. The van der Waals surface area contributed by atoms with Crippen LogP contribution in [0.3, 0.4) is 0 Å². The molecule has 544 valence electrons. The third-order valence-electron chi connectivity index (χ3n) is 18.6. The van der Waals surface area contributed by atoms with Crippen molar-refractivity contribution in [3.8, 4) is 0 Å². The number of hydrogen-bond donors (Lipinski definition) is 2. The maximum atomic E-state index is 4.64. The van der Waals surface area contributed by atoms with E-state index in [1.54, 1.807) is 18.9 Å². The van der Waals surface area contributed by atoms with E-state index in [-0.39, 0.29) is 43.3 Å². The van der Waals surface area contributed by atoms with Crippen LogP contribution in [0.15, 0.2) is 129 Å². The zero-order valence-corrected chi connectivity index (χ0v) is 66.9. The molecular weight excluding hydrogens is 1280 g/mol. The molecule has 11 aromatic rings. The van der Waals surface area contributed by atoms with Crippen LogP contribution < -0.4 is 52.7 Å². The second-order valence-electron chi connectivity index (χ2n) is 35.7. The van der Waals surface area contributed by atoms with Crippen LogP contribution in [0.1, 0.15) is 243 Å². The van der Waals surface area contributed by atoms with Crippen LogP contribution >= 0.6 is 0 Å². The molecule has 0 atom stereocenters. The number of H-pyrrole nitrogens is 2. The van der Waals surface area contributed by atoms with Crippen molar-refractivity contribution >= 4 is 88.7 Å². The summed E-state index contributed by atoms with van der Waals surface area (Å²) < 4.78 is 1.91. The molecular formula is C91H115N13. The van der Waals surface area contributed by atoms with Gasteiger partial charge in [-0.25, -0.2) is 29.9 Å². The quantitative estimate of drug-likeness (QED) is 0.149. The van der Waals surface area contributed by atoms with E-state index in [4.69, 9.17) is 0 Å². The number of hydrogen-bond acceptors (Lipinski definition) is 10. The maximum absolute atomic E-state index is 4.64. The topological polar surface area (TPSA) is 165 Å². The largest absolute Gasteiger partial charge is 0.343 e. The lowest BCUT2D eigenvalue weighted by molar-refractivity contribution is 0.566. The van der Waals surface area contributed by atoms with Gasteiger partial charge in [0.05, 0.1) is 50.8 Å². The fourth-order valence-electron chi connectivity index (χ4n) is 11.6. The number of nitrogens with zero attached hydrogens (tertiary/aromatic N) is 11. The van der Waals surface area contributed by atoms with Crippen molar-refractivity contribution < 1.29 is 0 Å². The summed E-state index contributed by atoms with van der Waals surface area (Å²) in [4.78, 5) is 49.8. The Kier molecular flexibility index (Phi) is 24.0. The fraction of sp³-hybridized carbons (Fsp3) is 0.407. The van der Waals surface area contributed by atoms with E-state index >= 15 is 0 Å². The third kappa shape index (κ3) is 21.3. The Morgan fingerprint density at radius 2 is 0.683 bits per heavy atom. The normalized spacial score (nSPS) is 13.8. The standard InChI is InChI=1S/C13H16.4C12H15N.3C10H13N3/c1-13(2,3)12-8-7-10-5-4-6-11(10)9-12;2*1-12(2,3)10-7-9-5-4-6-11(9)13-8-10;2*1-12(2,3)11-8-7-9-5-4-6-10(9)13-11;1-10(2,3)7-4-8-9(11-5-7)13-6-12-8;1-10(2,3)8-6-9-11-4-5-13(9)7-12-8;1-10(2,3)8-5-4-7-9(13-8)12-6-11-7/h5-9H,4H2,1-3H3;4*5-8H,4H2,1-3H3;4-6H,1-3H3,(H,11,12,13);4-7H,1-3H3;4-6H,1-3H3,(H,11,12,13). The Bertz CT molecular complexity index is 4810. The summed E-state index contributed by atoms with van der Waals surface area (Å²) in [5, 5.41) is 12.6. The van der Waals surface area contributed by atoms with Gasteiger partial charge in [0.1, 0.15) is 12.0 Å². The van der Waals surface area contributed by atoms with Gasteiger partial charge >= 0.3 is 0 Å². The molecule has 1 aromatic carbocycles. The molecule has 0 aliphatic heterocycles. The molecule has 10 aromatic heterocycles. The summed E-state index contributed by atoms with van der Waals surface area (Å²) >= 11 is 0. The maximum Gasteiger partial charge on any atom is 0.177 e. The van der Waals surface area contributed by atoms with E-state index in [1.807, 2.05) is 53.7 Å². The van der Waals surface area contributed by atoms with Gasteiger partial charge < -0.3 is 9.97 Å². The number of fused-ring (bicyclic) bond motifs is 8. The zero-order valence-electron chi connectivity index (χ0n) is 66.9. The zero-order chi connectivity index (χ0) is 75.8. The summed E-state index contributed by atoms with van der Waals surface area (Å²) in [6, 6.07) is 28.1. The predicted molar refractivity (Wildman–Crippen MR) is 438 cm³/mol. The van der Waals surface area contributed by atoms with Crippen molar-refractivity contribution in [2.75, 3.05) is 0 Å². The number of benzene rings is 1. The molecule has 5 aliphatic rings. The van der Waals surface area contributed by atoms with Gasteiger partial charge in [0.15, 0.2) is 11.3 Å². The van der Waals surface area contributed by atoms with Crippen LogP contribution in [0.2, 0.25) is 0 Å². The first-order valence-electron chi connectivity index (χ1n) is 37.0. The fourth-order valence-corrected chi connectivity index (χ4v) is 11.6. The average Bonchev–Trinajstić information content (AvgIpc) is 1.70. The summed E-state index contributed by atoms with van der Waals surface area (Å²) in [5.74, 6) is 0. The number of aromatic amines is 2. The van der Waals surface area contributed by atoms with Gasteiger partial charge in [-0.1, -0.05) is 257 Å². The SMILES string of the molecule is CC(C)(C)c1cc2nccn2cn1.CC(C)(C)c1ccc2[nH]cnc2n1.CC(C)(C)c1ccc2c(c1)=CCC=2.CC(C)(C)c1ccc2c(n1)=CCC=2.CC(C)(C)c1ccc2c(n1)=CCC=2.CC(C)(C)c1cnc2c(c1)=CCC=2.CC(C)(C)c1cnc2c(c1)=CCC=2.CC(C)(C)c1cnc2nc[nH]c2c1. The molecule has 0 amide bonds. The van der Waals surface area contributed by atoms with Crippen LogP contribution in [0.5, 0.6) is 0 Å². The second kappa shape index (κ2) is 31.8. The number of nitrogens with one attached hydrogen (secondary N) is 2. The first-order chi connectivity index (χ1) is 48.6. The lowest BCUT2D eigenvalue weighted by Crippen LogP contribution is -2.29. The first kappa shape index (κ1) is 78.5. The Morgan fingerprint density at radius 3 is 1.18 bits per heavy atom. The molecule has 5 aliphatic carbocycles. The monoisotopic (exact) mass is 1390 g/mol. The highest BCUT2D eigenvalue weighted by Gasteiger charge is 2.21. The molecule has 2 N–H and O–H groups in total. The van der Waals surface area contributed by atoms with Gasteiger partial charge in [0, 0.05) is 75.8 Å². The number of aromatic nitrogens is 13. The van der Waals surface area contributed by atoms with Crippen LogP contribution in [-0.2, 0) is 43.3 Å². The van der Waals surface area contributed by atoms with Crippen LogP contribution in [-0.4, -0.2) is 64.2 Å². The first-order valence-corrected chi connectivity index (χ1v) is 37.0. The molecule has 0 spiro atoms. The minimum Gasteiger partial charge on any atom is -0.343 e. The minimum atomic E-state index is 0.0904. The van der Waals surface area contributed by atoms with Crippen LogP contribution in [0.25, 0.3) is 88.7 Å². The summed E-state index contributed by atoms with van der Waals surface area (Å²) in [6.45, 7) is 52.6. The molecule has 0 unspecified atom stereocenters. The van der Waals surface area contributed by atoms with Crippen molar-refractivity contribution in [2.45, 2.75) is 242 Å². The molecule has 0 fully saturated rings. The second-order valence-corrected chi connectivity index (χ2v) is 35.7. The molecule has 13 nitrogen and oxygen atoms in total. The molecule has 13 heteroatoms. The summed E-state index contributed by atoms with van der Waals surface area (Å²) in [5.41, 5.74) is 15.7. The Morgan fingerprint density at radius 1 is 0.288 bits per heavy atom. The highest BCUT2D eigenvalue weighted by atomic mass is 15.0. The van der Waals surface area contributed by atoms with Crippen molar-refractivity contribution in [2.24, 2.45) is 0 Å². The van der Waals surface area contributed by atoms with Gasteiger partial charge in [0.2, 0.25) is 0 Å². The van der Waals surface area contributed by atoms with Crippen molar-refractivity contribution in [1.82, 2.24) is 64.2 Å². The van der Waals surface area contributed by atoms with E-state index in [2.05, 4.69) is 347 Å². The van der Waals surface area contributed by atoms with Gasteiger partial charge in [-0.05, 0) is 150 Å². The van der Waals surface area contributed by atoms with Crippen molar-refractivity contribution in [3.05, 3.63) is 227 Å². The van der Waals surface area contributed by atoms with E-state index in [0.717, 1.165) is 92.9 Å². The van der Waals surface area contributed by atoms with Crippen LogP contribution in [0, 0.1) is 0 Å². The Labute approximate surface area is 617 Å². The molecule has 16 rings (SSSR count). The Hall–Kier alpha value is -9.62.